The SMILES string of the molecule is Cc1cc(S(=O)(=O)NC2CNC(=O)C2)sc1C(=O)O. The predicted octanol–water partition coefficient (Wildman–Crippen LogP) is -0.0785. The summed E-state index contributed by atoms with van der Waals surface area (Å²) >= 11 is 0.703. The standard InChI is InChI=1S/C10H12N2O5S2/c1-5-2-8(18-9(5)10(14)15)19(16,17)12-6-3-7(13)11-4-6/h2,6,12H,3-4H2,1H3,(H,11,13)(H,14,15). The molecule has 1 atom stereocenters. The van der Waals surface area contributed by atoms with E-state index in [1.165, 1.54) is 6.07 Å². The number of aromatic carboxylic acids is 1. The van der Waals surface area contributed by atoms with Crippen molar-refractivity contribution in [3.8, 4) is 0 Å². The van der Waals surface area contributed by atoms with Gasteiger partial charge in [-0.2, -0.15) is 0 Å². The molecule has 104 valence electrons. The topological polar surface area (TPSA) is 113 Å². The number of hydrogen-bond donors (Lipinski definition) is 3. The molecule has 0 bridgehead atoms. The van der Waals surface area contributed by atoms with Gasteiger partial charge in [-0.3, -0.25) is 4.79 Å². The van der Waals surface area contributed by atoms with Gasteiger partial charge in [0.2, 0.25) is 15.9 Å². The molecular formula is C10H12N2O5S2. The third-order valence-electron chi connectivity index (χ3n) is 2.65. The van der Waals surface area contributed by atoms with Gasteiger partial charge in [0, 0.05) is 19.0 Å². The van der Waals surface area contributed by atoms with Crippen molar-refractivity contribution >= 4 is 33.2 Å². The monoisotopic (exact) mass is 304 g/mol. The van der Waals surface area contributed by atoms with E-state index in [-0.39, 0.29) is 28.0 Å². The van der Waals surface area contributed by atoms with E-state index in [1.807, 2.05) is 0 Å². The number of thiophene rings is 1. The van der Waals surface area contributed by atoms with Crippen LogP contribution in [0.2, 0.25) is 0 Å². The molecule has 0 saturated carbocycles. The highest BCUT2D eigenvalue weighted by Crippen LogP contribution is 2.26. The van der Waals surface area contributed by atoms with Crippen molar-refractivity contribution in [1.29, 1.82) is 0 Å². The van der Waals surface area contributed by atoms with Crippen LogP contribution in [0.1, 0.15) is 21.7 Å². The number of sulfonamides is 1. The number of carboxylic acid groups (broad SMARTS) is 1. The molecule has 9 heteroatoms. The first-order valence-corrected chi connectivity index (χ1v) is 7.72. The second kappa shape index (κ2) is 4.91. The van der Waals surface area contributed by atoms with Gasteiger partial charge in [0.05, 0.1) is 0 Å². The third-order valence-corrected chi connectivity index (χ3v) is 5.87. The first-order valence-electron chi connectivity index (χ1n) is 5.42. The Kier molecular flexibility index (Phi) is 3.61. The summed E-state index contributed by atoms with van der Waals surface area (Å²) in [5.41, 5.74) is 0.401. The summed E-state index contributed by atoms with van der Waals surface area (Å²) in [5.74, 6) is -1.36. The van der Waals surface area contributed by atoms with Gasteiger partial charge in [0.1, 0.15) is 9.09 Å². The van der Waals surface area contributed by atoms with Crippen LogP contribution < -0.4 is 10.0 Å². The minimum atomic E-state index is -3.79. The second-order valence-corrected chi connectivity index (χ2v) is 7.20. The van der Waals surface area contributed by atoms with Crippen molar-refractivity contribution in [2.75, 3.05) is 6.54 Å². The van der Waals surface area contributed by atoms with Crippen LogP contribution >= 0.6 is 11.3 Å². The van der Waals surface area contributed by atoms with E-state index in [2.05, 4.69) is 10.0 Å². The maximum atomic E-state index is 12.1. The first-order chi connectivity index (χ1) is 8.79. The Bertz CT molecular complexity index is 634. The average Bonchev–Trinajstić information content (AvgIpc) is 2.84. The Morgan fingerprint density at radius 1 is 1.58 bits per heavy atom. The Morgan fingerprint density at radius 2 is 2.26 bits per heavy atom. The smallest absolute Gasteiger partial charge is 0.346 e. The molecular weight excluding hydrogens is 292 g/mol. The molecule has 1 saturated heterocycles. The van der Waals surface area contributed by atoms with Crippen molar-refractivity contribution in [3.05, 3.63) is 16.5 Å². The number of carbonyl (C=O) groups is 2. The molecule has 1 amide bonds. The Hall–Kier alpha value is -1.45. The van der Waals surface area contributed by atoms with Gasteiger partial charge >= 0.3 is 5.97 Å². The largest absolute Gasteiger partial charge is 0.477 e. The molecule has 1 aromatic heterocycles. The Labute approximate surface area is 113 Å². The van der Waals surface area contributed by atoms with E-state index in [4.69, 9.17) is 5.11 Å². The lowest BCUT2D eigenvalue weighted by Crippen LogP contribution is -2.35. The van der Waals surface area contributed by atoms with E-state index in [1.54, 1.807) is 6.92 Å². The van der Waals surface area contributed by atoms with Crippen molar-refractivity contribution in [3.63, 3.8) is 0 Å². The molecule has 0 radical (unpaired) electrons. The molecule has 7 nitrogen and oxygen atoms in total. The number of carboxylic acids is 1. The summed E-state index contributed by atoms with van der Waals surface area (Å²) in [6.45, 7) is 1.79. The molecule has 2 rings (SSSR count). The van der Waals surface area contributed by atoms with Gasteiger partial charge in [-0.1, -0.05) is 0 Å². The third kappa shape index (κ3) is 2.94. The molecule has 2 heterocycles. The van der Waals surface area contributed by atoms with Crippen LogP contribution in [0, 0.1) is 6.92 Å². The molecule has 3 N–H and O–H groups in total. The van der Waals surface area contributed by atoms with Crippen LogP contribution in [0.15, 0.2) is 10.3 Å². The summed E-state index contributed by atoms with van der Waals surface area (Å²) in [6, 6.07) is 0.828. The number of hydrogen-bond acceptors (Lipinski definition) is 5. The Morgan fingerprint density at radius 3 is 2.74 bits per heavy atom. The van der Waals surface area contributed by atoms with E-state index in [0.29, 0.717) is 16.9 Å². The summed E-state index contributed by atoms with van der Waals surface area (Å²) in [4.78, 5) is 21.9. The number of aryl methyl sites for hydroxylation is 1. The van der Waals surface area contributed by atoms with Gasteiger partial charge in [0.15, 0.2) is 0 Å². The van der Waals surface area contributed by atoms with Crippen molar-refractivity contribution in [2.24, 2.45) is 0 Å². The average molecular weight is 304 g/mol. The van der Waals surface area contributed by atoms with E-state index >= 15 is 0 Å². The summed E-state index contributed by atoms with van der Waals surface area (Å²) < 4.78 is 26.4. The molecule has 1 aromatic rings. The fourth-order valence-corrected chi connectivity index (χ4v) is 4.39. The fourth-order valence-electron chi connectivity index (χ4n) is 1.76. The zero-order chi connectivity index (χ0) is 14.2. The van der Waals surface area contributed by atoms with Gasteiger partial charge in [-0.25, -0.2) is 17.9 Å². The summed E-state index contributed by atoms with van der Waals surface area (Å²) in [6.07, 6.45) is 0.0926. The lowest BCUT2D eigenvalue weighted by molar-refractivity contribution is -0.119. The zero-order valence-corrected chi connectivity index (χ0v) is 11.6. The Balaban J connectivity index is 2.22. The summed E-state index contributed by atoms with van der Waals surface area (Å²) in [5, 5.41) is 11.4. The zero-order valence-electron chi connectivity index (χ0n) is 9.97. The van der Waals surface area contributed by atoms with Gasteiger partial charge in [-0.05, 0) is 18.6 Å². The van der Waals surface area contributed by atoms with Crippen LogP contribution in [0.5, 0.6) is 0 Å². The number of rotatable bonds is 4. The lowest BCUT2D eigenvalue weighted by atomic mass is 10.3. The number of nitrogens with one attached hydrogen (secondary N) is 2. The van der Waals surface area contributed by atoms with E-state index in [0.717, 1.165) is 0 Å². The molecule has 1 aliphatic rings. The molecule has 19 heavy (non-hydrogen) atoms. The molecule has 0 aliphatic carbocycles. The van der Waals surface area contributed by atoms with Crippen LogP contribution in [0.25, 0.3) is 0 Å². The highest BCUT2D eigenvalue weighted by molar-refractivity contribution is 7.91. The minimum Gasteiger partial charge on any atom is -0.477 e. The summed E-state index contributed by atoms with van der Waals surface area (Å²) in [7, 11) is -3.79. The molecule has 0 spiro atoms. The van der Waals surface area contributed by atoms with Gasteiger partial charge < -0.3 is 10.4 Å². The second-order valence-electron chi connectivity index (χ2n) is 4.21. The van der Waals surface area contributed by atoms with Crippen LogP contribution in [-0.4, -0.2) is 38.0 Å². The lowest BCUT2D eigenvalue weighted by Gasteiger charge is -2.09. The van der Waals surface area contributed by atoms with Gasteiger partial charge in [0.25, 0.3) is 0 Å². The quantitative estimate of drug-likeness (QED) is 0.720. The number of amides is 1. The van der Waals surface area contributed by atoms with Crippen LogP contribution in [-0.2, 0) is 14.8 Å². The van der Waals surface area contributed by atoms with E-state index < -0.39 is 22.0 Å². The molecule has 1 fully saturated rings. The van der Waals surface area contributed by atoms with Crippen molar-refractivity contribution < 1.29 is 23.1 Å². The number of carbonyl (C=O) groups excluding carboxylic acids is 1. The molecule has 0 aromatic carbocycles. The highest BCUT2D eigenvalue weighted by Gasteiger charge is 2.28. The predicted molar refractivity (Wildman–Crippen MR) is 67.8 cm³/mol. The van der Waals surface area contributed by atoms with E-state index in [9.17, 15) is 18.0 Å². The minimum absolute atomic E-state index is 0.000924. The maximum absolute atomic E-state index is 12.1. The first kappa shape index (κ1) is 14.0. The van der Waals surface area contributed by atoms with Gasteiger partial charge in [-0.15, -0.1) is 11.3 Å². The maximum Gasteiger partial charge on any atom is 0.346 e. The fraction of sp³-hybridized carbons (Fsp3) is 0.400. The normalized spacial score (nSPS) is 19.4. The molecule has 1 unspecified atom stereocenters. The van der Waals surface area contributed by atoms with Crippen LogP contribution in [0.4, 0.5) is 0 Å². The highest BCUT2D eigenvalue weighted by atomic mass is 32.2. The van der Waals surface area contributed by atoms with Crippen molar-refractivity contribution in [1.82, 2.24) is 10.0 Å². The van der Waals surface area contributed by atoms with Crippen LogP contribution in [0.3, 0.4) is 0 Å². The molecule has 1 aliphatic heterocycles. The van der Waals surface area contributed by atoms with Crippen molar-refractivity contribution in [2.45, 2.75) is 23.6 Å².